The summed E-state index contributed by atoms with van der Waals surface area (Å²) in [5.41, 5.74) is 2.11. The van der Waals surface area contributed by atoms with Gasteiger partial charge >= 0.3 is 0 Å². The van der Waals surface area contributed by atoms with Gasteiger partial charge < -0.3 is 5.11 Å². The van der Waals surface area contributed by atoms with E-state index in [0.717, 1.165) is 17.5 Å². The number of aliphatic hydroxyl groups is 1. The van der Waals surface area contributed by atoms with Gasteiger partial charge in [0.15, 0.2) is 9.84 Å². The molecule has 2 atom stereocenters. The zero-order valence-electron chi connectivity index (χ0n) is 11.8. The van der Waals surface area contributed by atoms with Crippen molar-refractivity contribution in [3.8, 4) is 0 Å². The first-order valence-corrected chi connectivity index (χ1v) is 8.36. The first kappa shape index (κ1) is 14.5. The van der Waals surface area contributed by atoms with Crippen molar-refractivity contribution in [1.29, 1.82) is 0 Å². The maximum atomic E-state index is 12.1. The van der Waals surface area contributed by atoms with Crippen molar-refractivity contribution in [2.45, 2.75) is 44.5 Å². The molecule has 0 fully saturated rings. The molecular formula is C15H22O3S. The molecule has 1 aliphatic carbocycles. The standard InChI is InChI=1S/C15H22O3S/c1-15(2,3)19(17,18)9-8-12-10-11-6-4-5-7-13(11)14(12)16/h4-7,12,14,16H,8-10H2,1-3H3. The monoisotopic (exact) mass is 282 g/mol. The number of benzene rings is 1. The van der Waals surface area contributed by atoms with Crippen molar-refractivity contribution in [3.05, 3.63) is 35.4 Å². The minimum atomic E-state index is -3.11. The van der Waals surface area contributed by atoms with Crippen molar-refractivity contribution in [3.63, 3.8) is 0 Å². The Bertz CT molecular complexity index is 555. The largest absolute Gasteiger partial charge is 0.388 e. The zero-order valence-corrected chi connectivity index (χ0v) is 12.6. The molecule has 4 heteroatoms. The summed E-state index contributed by atoms with van der Waals surface area (Å²) in [6.45, 7) is 5.17. The Morgan fingerprint density at radius 3 is 2.47 bits per heavy atom. The third-order valence-electron chi connectivity index (χ3n) is 3.99. The van der Waals surface area contributed by atoms with Crippen LogP contribution in [0.2, 0.25) is 0 Å². The molecule has 1 aromatic carbocycles. The van der Waals surface area contributed by atoms with Gasteiger partial charge in [-0.25, -0.2) is 8.42 Å². The third kappa shape index (κ3) is 2.84. The second-order valence-corrected chi connectivity index (χ2v) is 9.19. The minimum absolute atomic E-state index is 0.0227. The number of rotatable bonds is 3. The topological polar surface area (TPSA) is 54.4 Å². The summed E-state index contributed by atoms with van der Waals surface area (Å²) < 4.78 is 23.5. The molecule has 0 radical (unpaired) electrons. The van der Waals surface area contributed by atoms with Gasteiger partial charge in [-0.05, 0) is 50.7 Å². The fourth-order valence-electron chi connectivity index (χ4n) is 2.53. The fourth-order valence-corrected chi connectivity index (χ4v) is 3.75. The Labute approximate surface area is 115 Å². The summed E-state index contributed by atoms with van der Waals surface area (Å²) in [6.07, 6.45) is 0.776. The molecule has 0 saturated heterocycles. The Morgan fingerprint density at radius 2 is 1.89 bits per heavy atom. The van der Waals surface area contributed by atoms with Crippen LogP contribution in [0.25, 0.3) is 0 Å². The van der Waals surface area contributed by atoms with E-state index in [2.05, 4.69) is 0 Å². The lowest BCUT2D eigenvalue weighted by atomic mass is 10.0. The van der Waals surface area contributed by atoms with Crippen LogP contribution in [0.3, 0.4) is 0 Å². The van der Waals surface area contributed by atoms with E-state index in [-0.39, 0.29) is 11.7 Å². The van der Waals surface area contributed by atoms with Gasteiger partial charge in [0.05, 0.1) is 16.6 Å². The minimum Gasteiger partial charge on any atom is -0.388 e. The van der Waals surface area contributed by atoms with Crippen molar-refractivity contribution in [2.24, 2.45) is 5.92 Å². The summed E-state index contributed by atoms with van der Waals surface area (Å²) in [7, 11) is -3.11. The Balaban J connectivity index is 2.05. The van der Waals surface area contributed by atoms with Gasteiger partial charge in [0.1, 0.15) is 0 Å². The molecule has 0 spiro atoms. The maximum Gasteiger partial charge on any atom is 0.155 e. The van der Waals surface area contributed by atoms with Gasteiger partial charge in [0, 0.05) is 0 Å². The van der Waals surface area contributed by atoms with E-state index in [0.29, 0.717) is 6.42 Å². The summed E-state index contributed by atoms with van der Waals surface area (Å²) in [6, 6.07) is 7.81. The van der Waals surface area contributed by atoms with Crippen LogP contribution in [0.5, 0.6) is 0 Å². The molecule has 0 bridgehead atoms. The number of hydrogen-bond donors (Lipinski definition) is 1. The second-order valence-electron chi connectivity index (χ2n) is 6.33. The molecule has 19 heavy (non-hydrogen) atoms. The van der Waals surface area contributed by atoms with Crippen molar-refractivity contribution >= 4 is 9.84 Å². The van der Waals surface area contributed by atoms with Crippen LogP contribution < -0.4 is 0 Å². The molecule has 3 nitrogen and oxygen atoms in total. The van der Waals surface area contributed by atoms with Gasteiger partial charge in [0.25, 0.3) is 0 Å². The molecule has 2 rings (SSSR count). The lowest BCUT2D eigenvalue weighted by Crippen LogP contribution is -2.31. The average molecular weight is 282 g/mol. The zero-order chi connectivity index (χ0) is 14.3. The van der Waals surface area contributed by atoms with Crippen molar-refractivity contribution in [1.82, 2.24) is 0 Å². The maximum absolute atomic E-state index is 12.1. The fraction of sp³-hybridized carbons (Fsp3) is 0.600. The Hall–Kier alpha value is -0.870. The summed E-state index contributed by atoms with van der Waals surface area (Å²) in [5.74, 6) is 0.168. The van der Waals surface area contributed by atoms with Gasteiger partial charge in [-0.2, -0.15) is 0 Å². The molecule has 0 aromatic heterocycles. The highest BCUT2D eigenvalue weighted by atomic mass is 32.2. The number of hydrogen-bond acceptors (Lipinski definition) is 3. The van der Waals surface area contributed by atoms with Crippen LogP contribution in [0, 0.1) is 5.92 Å². The highest BCUT2D eigenvalue weighted by Gasteiger charge is 2.34. The molecule has 1 N–H and O–H groups in total. The van der Waals surface area contributed by atoms with E-state index >= 15 is 0 Å². The SMILES string of the molecule is CC(C)(C)S(=O)(=O)CCC1Cc2ccccc2C1O. The first-order chi connectivity index (χ1) is 8.72. The van der Waals surface area contributed by atoms with Crippen LogP contribution >= 0.6 is 0 Å². The summed E-state index contributed by atoms with van der Waals surface area (Å²) in [4.78, 5) is 0. The van der Waals surface area contributed by atoms with Crippen molar-refractivity contribution < 1.29 is 13.5 Å². The molecule has 0 aliphatic heterocycles. The molecule has 106 valence electrons. The molecule has 1 aromatic rings. The van der Waals surface area contributed by atoms with E-state index in [4.69, 9.17) is 0 Å². The van der Waals surface area contributed by atoms with Gasteiger partial charge in [-0.15, -0.1) is 0 Å². The van der Waals surface area contributed by atoms with E-state index < -0.39 is 20.7 Å². The molecule has 1 aliphatic rings. The molecular weight excluding hydrogens is 260 g/mol. The number of aliphatic hydroxyl groups excluding tert-OH is 1. The van der Waals surface area contributed by atoms with Crippen molar-refractivity contribution in [2.75, 3.05) is 5.75 Å². The lowest BCUT2D eigenvalue weighted by Gasteiger charge is -2.21. The molecule has 0 amide bonds. The second kappa shape index (κ2) is 4.91. The van der Waals surface area contributed by atoms with E-state index in [1.54, 1.807) is 20.8 Å². The molecule has 0 heterocycles. The average Bonchev–Trinajstić information content (AvgIpc) is 2.63. The predicted molar refractivity (Wildman–Crippen MR) is 76.8 cm³/mol. The Morgan fingerprint density at radius 1 is 1.26 bits per heavy atom. The summed E-state index contributed by atoms with van der Waals surface area (Å²) >= 11 is 0. The number of fused-ring (bicyclic) bond motifs is 1. The normalized spacial score (nSPS) is 23.4. The van der Waals surface area contributed by atoms with Gasteiger partial charge in [0.2, 0.25) is 0 Å². The van der Waals surface area contributed by atoms with Crippen LogP contribution in [-0.4, -0.2) is 24.0 Å². The predicted octanol–water partition coefficient (Wildman–Crippen LogP) is 2.50. The van der Waals surface area contributed by atoms with Crippen LogP contribution in [0.1, 0.15) is 44.4 Å². The van der Waals surface area contributed by atoms with E-state index in [1.807, 2.05) is 24.3 Å². The quantitative estimate of drug-likeness (QED) is 0.926. The smallest absolute Gasteiger partial charge is 0.155 e. The molecule has 0 saturated carbocycles. The number of sulfone groups is 1. The van der Waals surface area contributed by atoms with Gasteiger partial charge in [-0.1, -0.05) is 24.3 Å². The van der Waals surface area contributed by atoms with Crippen LogP contribution in [-0.2, 0) is 16.3 Å². The van der Waals surface area contributed by atoms with Crippen LogP contribution in [0.15, 0.2) is 24.3 Å². The van der Waals surface area contributed by atoms with E-state index in [1.165, 1.54) is 0 Å². The Kier molecular flexibility index (Phi) is 3.76. The van der Waals surface area contributed by atoms with Crippen LogP contribution in [0.4, 0.5) is 0 Å². The van der Waals surface area contributed by atoms with Gasteiger partial charge in [-0.3, -0.25) is 0 Å². The summed E-state index contributed by atoms with van der Waals surface area (Å²) in [5, 5.41) is 10.2. The third-order valence-corrected chi connectivity index (χ3v) is 6.63. The molecule has 2 unspecified atom stereocenters. The highest BCUT2D eigenvalue weighted by molar-refractivity contribution is 7.92. The lowest BCUT2D eigenvalue weighted by molar-refractivity contribution is 0.121. The van der Waals surface area contributed by atoms with E-state index in [9.17, 15) is 13.5 Å². The highest BCUT2D eigenvalue weighted by Crippen LogP contribution is 2.38. The first-order valence-electron chi connectivity index (χ1n) is 6.70.